The van der Waals surface area contributed by atoms with Crippen molar-refractivity contribution in [3.8, 4) is 11.5 Å². The fourth-order valence-electron chi connectivity index (χ4n) is 4.92. The van der Waals surface area contributed by atoms with Crippen molar-refractivity contribution < 1.29 is 23.8 Å². The van der Waals surface area contributed by atoms with Gasteiger partial charge in [0.2, 0.25) is 5.76 Å². The van der Waals surface area contributed by atoms with E-state index >= 15 is 0 Å². The van der Waals surface area contributed by atoms with Crippen LogP contribution in [0.4, 0.5) is 0 Å². The van der Waals surface area contributed by atoms with Gasteiger partial charge in [0.05, 0.1) is 30.2 Å². The number of aryl methyl sites for hydroxylation is 2. The maximum Gasteiger partial charge on any atom is 0.291 e. The SMILES string of the molecule is COc1cc(C2c3c(oc4cc(C)cc(C)c4c3=O)C(=O)N2CC2CCCO2)ccc1O. The van der Waals surface area contributed by atoms with Gasteiger partial charge >= 0.3 is 0 Å². The summed E-state index contributed by atoms with van der Waals surface area (Å²) in [6, 6.07) is 7.95. The lowest BCUT2D eigenvalue weighted by Gasteiger charge is -2.27. The van der Waals surface area contributed by atoms with E-state index in [0.29, 0.717) is 35.2 Å². The monoisotopic (exact) mass is 435 g/mol. The summed E-state index contributed by atoms with van der Waals surface area (Å²) in [5.41, 5.74) is 2.96. The first-order valence-electron chi connectivity index (χ1n) is 10.8. The molecule has 0 bridgehead atoms. The highest BCUT2D eigenvalue weighted by molar-refractivity contribution is 5.99. The number of aromatic hydroxyl groups is 1. The number of hydrogen-bond acceptors (Lipinski definition) is 6. The van der Waals surface area contributed by atoms with Crippen LogP contribution in [-0.2, 0) is 4.74 Å². The normalized spacial score (nSPS) is 20.2. The molecular formula is C25H25NO6. The maximum atomic E-state index is 13.7. The van der Waals surface area contributed by atoms with Crippen LogP contribution in [0.2, 0.25) is 0 Å². The van der Waals surface area contributed by atoms with Gasteiger partial charge in [0.15, 0.2) is 16.9 Å². The Kier molecular flexibility index (Phi) is 4.93. The third-order valence-electron chi connectivity index (χ3n) is 6.36. The Labute approximate surface area is 185 Å². The summed E-state index contributed by atoms with van der Waals surface area (Å²) in [6.07, 6.45) is 1.70. The van der Waals surface area contributed by atoms with Gasteiger partial charge in [-0.1, -0.05) is 12.1 Å². The molecule has 2 unspecified atom stereocenters. The Balaban J connectivity index is 1.74. The van der Waals surface area contributed by atoms with Gasteiger partial charge in [-0.2, -0.15) is 0 Å². The second kappa shape index (κ2) is 7.67. The van der Waals surface area contributed by atoms with Crippen LogP contribution in [0, 0.1) is 13.8 Å². The third kappa shape index (κ3) is 3.15. The molecule has 0 radical (unpaired) electrons. The van der Waals surface area contributed by atoms with Gasteiger partial charge in [0.1, 0.15) is 5.58 Å². The number of methoxy groups -OCH3 is 1. The van der Waals surface area contributed by atoms with E-state index in [-0.39, 0.29) is 34.7 Å². The van der Waals surface area contributed by atoms with E-state index in [2.05, 4.69) is 0 Å². The zero-order chi connectivity index (χ0) is 22.6. The summed E-state index contributed by atoms with van der Waals surface area (Å²) >= 11 is 0. The van der Waals surface area contributed by atoms with Gasteiger partial charge in [0.25, 0.3) is 5.91 Å². The molecule has 32 heavy (non-hydrogen) atoms. The van der Waals surface area contributed by atoms with E-state index in [0.717, 1.165) is 24.0 Å². The van der Waals surface area contributed by atoms with Crippen LogP contribution >= 0.6 is 0 Å². The summed E-state index contributed by atoms with van der Waals surface area (Å²) in [5, 5.41) is 10.6. The second-order valence-corrected chi connectivity index (χ2v) is 8.56. The zero-order valence-electron chi connectivity index (χ0n) is 18.3. The molecule has 3 heterocycles. The highest BCUT2D eigenvalue weighted by Gasteiger charge is 2.44. The van der Waals surface area contributed by atoms with Crippen LogP contribution in [0.3, 0.4) is 0 Å². The van der Waals surface area contributed by atoms with Crippen molar-refractivity contribution in [2.24, 2.45) is 0 Å². The Bertz CT molecular complexity index is 1290. The van der Waals surface area contributed by atoms with Crippen LogP contribution in [-0.4, -0.2) is 42.3 Å². The highest BCUT2D eigenvalue weighted by atomic mass is 16.5. The van der Waals surface area contributed by atoms with Crippen LogP contribution < -0.4 is 10.2 Å². The van der Waals surface area contributed by atoms with E-state index in [1.165, 1.54) is 13.2 Å². The predicted molar refractivity (Wildman–Crippen MR) is 118 cm³/mol. The number of rotatable bonds is 4. The number of amides is 1. The van der Waals surface area contributed by atoms with Gasteiger partial charge < -0.3 is 23.9 Å². The number of carbonyl (C=O) groups excluding carboxylic acids is 1. The van der Waals surface area contributed by atoms with E-state index in [9.17, 15) is 14.7 Å². The molecule has 1 N–H and O–H groups in total. The van der Waals surface area contributed by atoms with Gasteiger partial charge in [-0.25, -0.2) is 0 Å². The van der Waals surface area contributed by atoms with Gasteiger partial charge in [-0.3, -0.25) is 9.59 Å². The molecule has 0 aliphatic carbocycles. The number of ether oxygens (including phenoxy) is 2. The Morgan fingerprint density at radius 2 is 2.00 bits per heavy atom. The van der Waals surface area contributed by atoms with E-state index < -0.39 is 6.04 Å². The molecule has 3 aromatic rings. The van der Waals surface area contributed by atoms with Crippen molar-refractivity contribution in [1.29, 1.82) is 0 Å². The number of nitrogens with zero attached hydrogens (tertiary/aromatic N) is 1. The average molecular weight is 435 g/mol. The number of hydrogen-bond donors (Lipinski definition) is 1. The topological polar surface area (TPSA) is 89.2 Å². The Morgan fingerprint density at radius 1 is 1.19 bits per heavy atom. The number of phenolic OH excluding ortho intramolecular Hbond substituents is 1. The van der Waals surface area contributed by atoms with Crippen molar-refractivity contribution >= 4 is 16.9 Å². The van der Waals surface area contributed by atoms with Crippen LogP contribution in [0.15, 0.2) is 39.5 Å². The van der Waals surface area contributed by atoms with Crippen LogP contribution in [0.5, 0.6) is 11.5 Å². The molecule has 2 aliphatic heterocycles. The molecule has 1 amide bonds. The first-order chi connectivity index (χ1) is 15.4. The van der Waals surface area contributed by atoms with E-state index in [1.54, 1.807) is 23.1 Å². The summed E-state index contributed by atoms with van der Waals surface area (Å²) < 4.78 is 17.1. The van der Waals surface area contributed by atoms with Crippen molar-refractivity contribution in [3.05, 3.63) is 68.6 Å². The quantitative estimate of drug-likeness (QED) is 0.670. The average Bonchev–Trinajstić information content (AvgIpc) is 3.36. The first kappa shape index (κ1) is 20.6. The summed E-state index contributed by atoms with van der Waals surface area (Å²) in [4.78, 5) is 28.9. The van der Waals surface area contributed by atoms with Crippen molar-refractivity contribution in [3.63, 3.8) is 0 Å². The van der Waals surface area contributed by atoms with Crippen LogP contribution in [0.1, 0.15) is 51.7 Å². The summed E-state index contributed by atoms with van der Waals surface area (Å²) in [6.45, 7) is 4.82. The van der Waals surface area contributed by atoms with E-state index in [4.69, 9.17) is 13.9 Å². The second-order valence-electron chi connectivity index (χ2n) is 8.56. The lowest BCUT2D eigenvalue weighted by molar-refractivity contribution is 0.0486. The predicted octanol–water partition coefficient (Wildman–Crippen LogP) is 3.85. The summed E-state index contributed by atoms with van der Waals surface area (Å²) in [5.74, 6) is 0.00836. The largest absolute Gasteiger partial charge is 0.504 e. The minimum atomic E-state index is -0.655. The molecule has 7 nitrogen and oxygen atoms in total. The van der Waals surface area contributed by atoms with Gasteiger partial charge in [-0.05, 0) is 61.6 Å². The number of carbonyl (C=O) groups is 1. The van der Waals surface area contributed by atoms with Gasteiger partial charge in [0, 0.05) is 13.2 Å². The lowest BCUT2D eigenvalue weighted by Crippen LogP contribution is -2.36. The van der Waals surface area contributed by atoms with Gasteiger partial charge in [-0.15, -0.1) is 0 Å². The lowest BCUT2D eigenvalue weighted by atomic mass is 9.96. The molecule has 1 aromatic heterocycles. The van der Waals surface area contributed by atoms with Crippen molar-refractivity contribution in [1.82, 2.24) is 4.90 Å². The first-order valence-corrected chi connectivity index (χ1v) is 10.8. The number of phenols is 1. The molecule has 2 atom stereocenters. The van der Waals surface area contributed by atoms with E-state index in [1.807, 2.05) is 19.9 Å². The molecule has 2 aromatic carbocycles. The molecule has 0 spiro atoms. The molecule has 0 saturated carbocycles. The smallest absolute Gasteiger partial charge is 0.291 e. The Hall–Kier alpha value is -3.32. The molecule has 1 fully saturated rings. The van der Waals surface area contributed by atoms with Crippen LogP contribution in [0.25, 0.3) is 11.0 Å². The maximum absolute atomic E-state index is 13.7. The molecule has 7 heteroatoms. The number of benzene rings is 2. The third-order valence-corrected chi connectivity index (χ3v) is 6.36. The molecular weight excluding hydrogens is 410 g/mol. The van der Waals surface area contributed by atoms with Crippen molar-refractivity contribution in [2.75, 3.05) is 20.3 Å². The molecule has 5 rings (SSSR count). The molecule has 2 aliphatic rings. The molecule has 1 saturated heterocycles. The minimum absolute atomic E-state index is 0.0108. The molecule has 166 valence electrons. The fraction of sp³-hybridized carbons (Fsp3) is 0.360. The minimum Gasteiger partial charge on any atom is -0.504 e. The Morgan fingerprint density at radius 3 is 2.72 bits per heavy atom. The fourth-order valence-corrected chi connectivity index (χ4v) is 4.92. The summed E-state index contributed by atoms with van der Waals surface area (Å²) in [7, 11) is 1.46. The standard InChI is InChI=1S/C25H25NO6/c1-13-9-14(2)20-19(10-13)32-24-21(23(20)28)22(15-6-7-17(27)18(11-15)30-3)26(25(24)29)12-16-5-4-8-31-16/h6-7,9-11,16,22,27H,4-5,8,12H2,1-3H3. The number of fused-ring (bicyclic) bond motifs is 2. The zero-order valence-corrected chi connectivity index (χ0v) is 18.3. The van der Waals surface area contributed by atoms with Crippen molar-refractivity contribution in [2.45, 2.75) is 38.8 Å². The highest BCUT2D eigenvalue weighted by Crippen LogP contribution is 2.41.